The van der Waals surface area contributed by atoms with Crippen LogP contribution >= 0.6 is 0 Å². The number of methoxy groups -OCH3 is 2. The number of hydrogen-bond acceptors (Lipinski definition) is 5. The van der Waals surface area contributed by atoms with Crippen LogP contribution in [0.15, 0.2) is 18.3 Å². The highest BCUT2D eigenvalue weighted by Crippen LogP contribution is 2.17. The summed E-state index contributed by atoms with van der Waals surface area (Å²) in [7, 11) is 5.04. The molecule has 0 aliphatic carbocycles. The van der Waals surface area contributed by atoms with Gasteiger partial charge < -0.3 is 9.47 Å². The van der Waals surface area contributed by atoms with Crippen LogP contribution < -0.4 is 4.74 Å². The van der Waals surface area contributed by atoms with Crippen LogP contribution in [0.2, 0.25) is 0 Å². The van der Waals surface area contributed by atoms with Gasteiger partial charge in [-0.05, 0) is 6.07 Å². The highest BCUT2D eigenvalue weighted by atomic mass is 16.5. The van der Waals surface area contributed by atoms with Crippen molar-refractivity contribution >= 4 is 0 Å². The Labute approximate surface area is 99.2 Å². The average molecular weight is 234 g/mol. The van der Waals surface area contributed by atoms with Crippen LogP contribution in [0.4, 0.5) is 0 Å². The largest absolute Gasteiger partial charge is 0.481 e. The summed E-state index contributed by atoms with van der Waals surface area (Å²) in [6.45, 7) is 0.438. The van der Waals surface area contributed by atoms with Gasteiger partial charge in [0, 0.05) is 32.0 Å². The van der Waals surface area contributed by atoms with Crippen molar-refractivity contribution in [2.24, 2.45) is 7.05 Å². The van der Waals surface area contributed by atoms with Crippen LogP contribution in [0, 0.1) is 0 Å². The molecule has 0 saturated carbocycles. The van der Waals surface area contributed by atoms with E-state index in [1.165, 1.54) is 0 Å². The summed E-state index contributed by atoms with van der Waals surface area (Å²) < 4.78 is 11.7. The molecule has 0 atom stereocenters. The molecule has 2 aromatic heterocycles. The van der Waals surface area contributed by atoms with Crippen molar-refractivity contribution < 1.29 is 9.47 Å². The molecule has 0 fully saturated rings. The van der Waals surface area contributed by atoms with Crippen molar-refractivity contribution in [3.05, 3.63) is 24.2 Å². The van der Waals surface area contributed by atoms with E-state index in [4.69, 9.17) is 9.47 Å². The zero-order valence-electron chi connectivity index (χ0n) is 10.0. The van der Waals surface area contributed by atoms with E-state index in [0.29, 0.717) is 18.3 Å². The second-order valence-corrected chi connectivity index (χ2v) is 3.50. The molecule has 2 heterocycles. The number of ether oxygens (including phenoxy) is 2. The maximum absolute atomic E-state index is 5.04. The third-order valence-electron chi connectivity index (χ3n) is 2.33. The lowest BCUT2D eigenvalue weighted by Crippen LogP contribution is -2.00. The fraction of sp³-hybridized carbons (Fsp3) is 0.364. The van der Waals surface area contributed by atoms with E-state index >= 15 is 0 Å². The Balaban J connectivity index is 2.29. The summed E-state index contributed by atoms with van der Waals surface area (Å²) in [5, 5.41) is 4.30. The van der Waals surface area contributed by atoms with E-state index in [0.717, 1.165) is 11.4 Å². The Kier molecular flexibility index (Phi) is 3.34. The summed E-state index contributed by atoms with van der Waals surface area (Å²) in [5.74, 6) is 1.98. The van der Waals surface area contributed by atoms with Gasteiger partial charge in [-0.15, -0.1) is 0 Å². The Morgan fingerprint density at radius 3 is 2.71 bits per heavy atom. The lowest BCUT2D eigenvalue weighted by atomic mass is 10.3. The summed E-state index contributed by atoms with van der Waals surface area (Å²) in [5.41, 5.74) is 0.851. The molecule has 2 aromatic rings. The zero-order valence-corrected chi connectivity index (χ0v) is 10.0. The Bertz CT molecular complexity index is 493. The minimum Gasteiger partial charge on any atom is -0.481 e. The van der Waals surface area contributed by atoms with Gasteiger partial charge in [-0.3, -0.25) is 4.68 Å². The first-order chi connectivity index (χ1) is 8.24. The highest BCUT2D eigenvalue weighted by molar-refractivity contribution is 5.53. The Hall–Kier alpha value is -1.95. The van der Waals surface area contributed by atoms with Crippen molar-refractivity contribution in [3.63, 3.8) is 0 Å². The number of pyridine rings is 1. The van der Waals surface area contributed by atoms with Crippen molar-refractivity contribution in [1.82, 2.24) is 19.7 Å². The third kappa shape index (κ3) is 2.42. The maximum atomic E-state index is 5.04. The minimum atomic E-state index is 0.438. The van der Waals surface area contributed by atoms with Crippen LogP contribution in [0.1, 0.15) is 5.82 Å². The van der Waals surface area contributed by atoms with E-state index in [-0.39, 0.29) is 0 Å². The number of nitrogens with zero attached hydrogens (tertiary/aromatic N) is 4. The zero-order chi connectivity index (χ0) is 12.3. The third-order valence-corrected chi connectivity index (χ3v) is 2.33. The molecule has 0 aromatic carbocycles. The van der Waals surface area contributed by atoms with Gasteiger partial charge in [0.1, 0.15) is 6.61 Å². The van der Waals surface area contributed by atoms with E-state index < -0.39 is 0 Å². The predicted molar refractivity (Wildman–Crippen MR) is 61.5 cm³/mol. The maximum Gasteiger partial charge on any atom is 0.212 e. The quantitative estimate of drug-likeness (QED) is 0.790. The van der Waals surface area contributed by atoms with Crippen LogP contribution in [0.25, 0.3) is 11.4 Å². The molecule has 0 saturated heterocycles. The predicted octanol–water partition coefficient (Wildman–Crippen LogP) is 1.03. The highest BCUT2D eigenvalue weighted by Gasteiger charge is 2.09. The number of rotatable bonds is 4. The first-order valence-electron chi connectivity index (χ1n) is 5.14. The SMILES string of the molecule is COCc1nc(-c2ccc(OC)nc2)nn1C. The van der Waals surface area contributed by atoms with Gasteiger partial charge in [0.2, 0.25) is 5.88 Å². The van der Waals surface area contributed by atoms with E-state index in [1.54, 1.807) is 31.2 Å². The van der Waals surface area contributed by atoms with Gasteiger partial charge in [0.05, 0.1) is 7.11 Å². The number of aromatic nitrogens is 4. The molecule has 0 N–H and O–H groups in total. The van der Waals surface area contributed by atoms with Crippen molar-refractivity contribution in [1.29, 1.82) is 0 Å². The molecule has 0 unspecified atom stereocenters. The monoisotopic (exact) mass is 234 g/mol. The molecular weight excluding hydrogens is 220 g/mol. The summed E-state index contributed by atoms with van der Waals surface area (Å²) in [6.07, 6.45) is 1.69. The molecule has 6 heteroatoms. The van der Waals surface area contributed by atoms with Crippen LogP contribution in [0.5, 0.6) is 5.88 Å². The van der Waals surface area contributed by atoms with Gasteiger partial charge in [-0.25, -0.2) is 9.97 Å². The normalized spacial score (nSPS) is 10.5. The second-order valence-electron chi connectivity index (χ2n) is 3.50. The standard InChI is InChI=1S/C11H14N4O2/c1-15-9(7-16-2)13-11(14-15)8-4-5-10(17-3)12-6-8/h4-6H,7H2,1-3H3. The average Bonchev–Trinajstić information content (AvgIpc) is 2.72. The van der Waals surface area contributed by atoms with Crippen molar-refractivity contribution in [2.75, 3.05) is 14.2 Å². The topological polar surface area (TPSA) is 62.1 Å². The molecule has 0 amide bonds. The van der Waals surface area contributed by atoms with Gasteiger partial charge in [0.25, 0.3) is 0 Å². The van der Waals surface area contributed by atoms with E-state index in [2.05, 4.69) is 15.1 Å². The molecule has 0 spiro atoms. The minimum absolute atomic E-state index is 0.438. The molecule has 6 nitrogen and oxygen atoms in total. The number of hydrogen-bond donors (Lipinski definition) is 0. The lowest BCUT2D eigenvalue weighted by Gasteiger charge is -1.98. The smallest absolute Gasteiger partial charge is 0.212 e. The fourth-order valence-corrected chi connectivity index (χ4v) is 1.43. The van der Waals surface area contributed by atoms with Gasteiger partial charge in [-0.1, -0.05) is 0 Å². The first-order valence-corrected chi connectivity index (χ1v) is 5.14. The van der Waals surface area contributed by atoms with E-state index in [1.807, 2.05) is 13.1 Å². The fourth-order valence-electron chi connectivity index (χ4n) is 1.43. The van der Waals surface area contributed by atoms with Crippen LogP contribution in [-0.2, 0) is 18.4 Å². The molecule has 0 bridgehead atoms. The molecule has 17 heavy (non-hydrogen) atoms. The summed E-state index contributed by atoms with van der Waals surface area (Å²) in [4.78, 5) is 8.49. The summed E-state index contributed by atoms with van der Waals surface area (Å²) >= 11 is 0. The van der Waals surface area contributed by atoms with Crippen molar-refractivity contribution in [2.45, 2.75) is 6.61 Å². The molecule has 0 aliphatic rings. The Morgan fingerprint density at radius 1 is 1.29 bits per heavy atom. The lowest BCUT2D eigenvalue weighted by molar-refractivity contribution is 0.174. The summed E-state index contributed by atoms with van der Waals surface area (Å²) in [6, 6.07) is 3.65. The van der Waals surface area contributed by atoms with Crippen LogP contribution in [0.3, 0.4) is 0 Å². The molecular formula is C11H14N4O2. The second kappa shape index (κ2) is 4.92. The molecule has 0 aliphatic heterocycles. The van der Waals surface area contributed by atoms with Gasteiger partial charge in [0.15, 0.2) is 11.6 Å². The van der Waals surface area contributed by atoms with Gasteiger partial charge >= 0.3 is 0 Å². The van der Waals surface area contributed by atoms with Crippen LogP contribution in [-0.4, -0.2) is 34.0 Å². The van der Waals surface area contributed by atoms with Gasteiger partial charge in [-0.2, -0.15) is 5.10 Å². The van der Waals surface area contributed by atoms with E-state index in [9.17, 15) is 0 Å². The number of aryl methyl sites for hydroxylation is 1. The Morgan fingerprint density at radius 2 is 2.12 bits per heavy atom. The molecule has 2 rings (SSSR count). The van der Waals surface area contributed by atoms with Crippen molar-refractivity contribution in [3.8, 4) is 17.3 Å². The molecule has 90 valence electrons. The first kappa shape index (κ1) is 11.5. The molecule has 0 radical (unpaired) electrons.